The van der Waals surface area contributed by atoms with Crippen LogP contribution in [0.2, 0.25) is 25.1 Å². The van der Waals surface area contributed by atoms with Gasteiger partial charge in [-0.15, -0.1) is 0 Å². The lowest BCUT2D eigenvalue weighted by Gasteiger charge is -2.21. The van der Waals surface area contributed by atoms with Gasteiger partial charge in [0.2, 0.25) is 0 Å². The Labute approximate surface area is 774 Å². The van der Waals surface area contributed by atoms with Crippen LogP contribution in [0.4, 0.5) is 34.3 Å². The van der Waals surface area contributed by atoms with E-state index in [2.05, 4.69) is 87.7 Å². The molecule has 2 atom stereocenters. The number of ether oxygens (including phenoxy) is 1. The Morgan fingerprint density at radius 1 is 0.386 bits per heavy atom. The highest BCUT2D eigenvalue weighted by Gasteiger charge is 2.32. The molecule has 7 aromatic carbocycles. The average Bonchev–Trinajstić information content (AvgIpc) is 1.63. The predicted molar refractivity (Wildman–Crippen MR) is 495 cm³/mol. The van der Waals surface area contributed by atoms with E-state index < -0.39 is 35.3 Å². The molecule has 0 unspecified atom stereocenters. The highest BCUT2D eigenvalue weighted by atomic mass is 35.5. The van der Waals surface area contributed by atoms with Crippen molar-refractivity contribution < 1.29 is 62.9 Å². The third-order valence-electron chi connectivity index (χ3n) is 20.7. The molecule has 0 radical (unpaired) electrons. The third-order valence-corrected chi connectivity index (χ3v) is 22.3. The number of rotatable bonds is 17. The van der Waals surface area contributed by atoms with Gasteiger partial charge < -0.3 is 57.9 Å². The highest BCUT2D eigenvalue weighted by Crippen LogP contribution is 2.38. The molecule has 7 amide bonds. The second-order valence-electron chi connectivity index (χ2n) is 30.7. The van der Waals surface area contributed by atoms with Gasteiger partial charge in [-0.2, -0.15) is 25.5 Å². The van der Waals surface area contributed by atoms with Crippen molar-refractivity contribution in [3.8, 4) is 0 Å². The van der Waals surface area contributed by atoms with Crippen LogP contribution in [0.3, 0.4) is 0 Å². The van der Waals surface area contributed by atoms with Crippen LogP contribution in [0.5, 0.6) is 0 Å². The number of para-hydroxylation sites is 5. The Morgan fingerprint density at radius 3 is 1.04 bits per heavy atom. The molecule has 40 heteroatoms. The van der Waals surface area contributed by atoms with E-state index in [-0.39, 0.29) is 86.5 Å². The van der Waals surface area contributed by atoms with Crippen molar-refractivity contribution in [3.63, 3.8) is 0 Å². The summed E-state index contributed by atoms with van der Waals surface area (Å²) in [5.41, 5.74) is 18.1. The Hall–Kier alpha value is -15.8. The second kappa shape index (κ2) is 40.2. The van der Waals surface area contributed by atoms with Crippen molar-refractivity contribution in [2.24, 2.45) is 0 Å². The number of hydrogen-bond acceptors (Lipinski definition) is 21. The first-order chi connectivity index (χ1) is 63.2. The number of carboxylic acids is 2. The molecule has 0 aliphatic heterocycles. The van der Waals surface area contributed by atoms with Gasteiger partial charge in [0.1, 0.15) is 39.2 Å². The smallest absolute Gasteiger partial charge is 0.338 e. The lowest BCUT2D eigenvalue weighted by atomic mass is 9.97. The SMILES string of the molecule is Cc1c(C(=O)O)ccc2c1CC[C@@H]2NC(=O)c1cnc2c(C(=O)Nc3ccccc3Cl)cnn2c1.Cc1c(C(=O)OC(C)(C)C)ccc2c1CC[C@@H]2NC(=O)c1cnc2c(C(=O)Nc3ccccc3Cl)cnn2c1.Cc1cnc2c(C(=O)Nc3ccccc3Cl)cnn2c1.Nc1[nH]ncc1C(=O)Nc1ccccc1Cl.O=C(O)c1cnc2c(C(=O)Nc3ccccc3Cl)cnn2c1. The number of halogens is 5. The van der Waals surface area contributed by atoms with Crippen LogP contribution < -0.4 is 43.0 Å². The number of nitrogens with zero attached hydrogens (tertiary/aromatic N) is 13. The molecule has 12 N–H and O–H groups in total. The van der Waals surface area contributed by atoms with Crippen molar-refractivity contribution in [2.45, 2.75) is 84.9 Å². The number of H-pyrrole nitrogens is 1. The van der Waals surface area contributed by atoms with Crippen LogP contribution in [0.1, 0.15) is 188 Å². The van der Waals surface area contributed by atoms with Crippen LogP contribution in [0.15, 0.2) is 226 Å². The van der Waals surface area contributed by atoms with Crippen molar-refractivity contribution >= 4 is 174 Å². The number of fused-ring (bicyclic) bond motifs is 6. The van der Waals surface area contributed by atoms with Gasteiger partial charge in [0.15, 0.2) is 22.6 Å². The molecule has 35 nitrogen and oxygen atoms in total. The summed E-state index contributed by atoms with van der Waals surface area (Å²) in [6.07, 6.45) is 21.6. The fourth-order valence-corrected chi connectivity index (χ4v) is 15.1. The summed E-state index contributed by atoms with van der Waals surface area (Å²) in [6.45, 7) is 11.1. The third kappa shape index (κ3) is 21.3. The molecule has 0 bridgehead atoms. The van der Waals surface area contributed by atoms with E-state index in [1.54, 1.807) is 157 Å². The maximum absolute atomic E-state index is 13.1. The summed E-state index contributed by atoms with van der Waals surface area (Å²) in [6, 6.07) is 41.2. The number of aromatic amines is 1. The van der Waals surface area contributed by atoms with Crippen LogP contribution in [-0.2, 0) is 17.6 Å². The Bertz CT molecular complexity index is 7250. The number of aromatic nitrogens is 14. The van der Waals surface area contributed by atoms with Gasteiger partial charge in [0, 0.05) is 49.6 Å². The van der Waals surface area contributed by atoms with E-state index in [1.165, 1.54) is 81.7 Å². The van der Waals surface area contributed by atoms with Gasteiger partial charge in [0.05, 0.1) is 124 Å². The molecule has 2 aliphatic rings. The zero-order valence-corrected chi connectivity index (χ0v) is 74.3. The van der Waals surface area contributed by atoms with Crippen LogP contribution >= 0.6 is 58.0 Å². The van der Waals surface area contributed by atoms with E-state index >= 15 is 0 Å². The van der Waals surface area contributed by atoms with Crippen LogP contribution in [0.25, 0.3) is 22.6 Å². The number of aryl methyl sites for hydroxylation is 1. The molecule has 9 aromatic heterocycles. The summed E-state index contributed by atoms with van der Waals surface area (Å²) in [5.74, 6) is -4.75. The van der Waals surface area contributed by atoms with Gasteiger partial charge in [0.25, 0.3) is 41.4 Å². The van der Waals surface area contributed by atoms with Crippen molar-refractivity contribution in [3.05, 3.63) is 346 Å². The van der Waals surface area contributed by atoms with Gasteiger partial charge in [-0.3, -0.25) is 38.7 Å². The summed E-state index contributed by atoms with van der Waals surface area (Å²) >= 11 is 30.2. The largest absolute Gasteiger partial charge is 0.478 e. The molecule has 0 fully saturated rings. The number of nitrogen functional groups attached to an aromatic ring is 1. The molecule has 9 heterocycles. The van der Waals surface area contributed by atoms with Crippen molar-refractivity contribution in [2.75, 3.05) is 32.3 Å². The number of esters is 1. The molecular formula is C92H77Cl5N22O13. The maximum Gasteiger partial charge on any atom is 0.338 e. The molecule has 668 valence electrons. The Morgan fingerprint density at radius 2 is 0.705 bits per heavy atom. The molecule has 2 aliphatic carbocycles. The monoisotopic (exact) mass is 1870 g/mol. The lowest BCUT2D eigenvalue weighted by molar-refractivity contribution is 0.00673. The predicted octanol–water partition coefficient (Wildman–Crippen LogP) is 16.5. The fourth-order valence-electron chi connectivity index (χ4n) is 14.1. The number of anilines is 6. The topological polar surface area (TPSA) is 480 Å². The number of carbonyl (C=O) groups excluding carboxylic acids is 8. The number of carbonyl (C=O) groups is 10. The standard InChI is InChI=1S/C29H28ClN5O4.C25H20ClN5O4.C14H9ClN4O3.C14H11ClN4O.C10H9ClN4O/c1-16-18-11-12-23(20(18)10-9-19(16)28(38)39-29(2,3)4)33-26(36)17-13-31-25-21(14-32-35(25)15-17)27(37)34-24-8-6-5-7-22(24)30;1-13-15-8-9-20(17(15)7-6-16(13)25(34)35)29-23(32)14-10-27-22-18(11-28-31(22)12-14)24(33)30-21-5-3-2-4-19(21)26;15-10-3-1-2-4-11(10)18-13(20)9-6-17-19-7-8(14(21)22)5-16-12(9)19;1-9-6-16-13-10(7-17-19(13)8-9)14(20)18-12-5-3-2-4-11(12)15;11-7-3-1-2-4-8(7)14-10(16)6-5-13-15-9(6)12/h5-10,13-15,23H,11-12H2,1-4H3,(H,33,36)(H,34,37);2-7,10-12,20H,8-9H2,1H3,(H,29,32)(H,30,33)(H,34,35);1-7H,(H,18,20)(H,21,22);2-8H,1H3,(H,18,20);1-5H,(H,14,16)(H3,12,13,15)/t23-;20-;;;/m00.../s1. The zero-order valence-electron chi connectivity index (χ0n) is 70.5. The van der Waals surface area contributed by atoms with Crippen LogP contribution in [-0.4, -0.2) is 144 Å². The first kappa shape index (κ1) is 92.4. The number of amides is 7. The minimum atomic E-state index is -1.12. The van der Waals surface area contributed by atoms with E-state index in [4.69, 9.17) is 73.6 Å². The van der Waals surface area contributed by atoms with Crippen molar-refractivity contribution in [1.29, 1.82) is 0 Å². The number of benzene rings is 7. The minimum absolute atomic E-state index is 0.0198. The number of aromatic carboxylic acids is 2. The van der Waals surface area contributed by atoms with E-state index in [0.717, 1.165) is 45.4 Å². The number of hydrogen-bond donors (Lipinski definition) is 11. The molecular weight excluding hydrogens is 1800 g/mol. The van der Waals surface area contributed by atoms with Crippen LogP contribution in [0, 0.1) is 20.8 Å². The highest BCUT2D eigenvalue weighted by molar-refractivity contribution is 6.36. The fraction of sp³-hybridized carbons (Fsp3) is 0.141. The molecule has 0 saturated carbocycles. The molecule has 18 rings (SSSR count). The second-order valence-corrected chi connectivity index (χ2v) is 32.7. The summed E-state index contributed by atoms with van der Waals surface area (Å²) in [4.78, 5) is 140. The van der Waals surface area contributed by atoms with E-state index in [1.807, 2.05) is 46.9 Å². The zero-order chi connectivity index (χ0) is 93.9. The normalized spacial score (nSPS) is 12.8. The molecule has 0 saturated heterocycles. The quantitative estimate of drug-likeness (QED) is 0.0377. The molecule has 16 aromatic rings. The number of nitrogens with two attached hydrogens (primary N) is 1. The van der Waals surface area contributed by atoms with Crippen molar-refractivity contribution in [1.82, 2.24) is 79.2 Å². The summed E-state index contributed by atoms with van der Waals surface area (Å²) < 4.78 is 11.1. The lowest BCUT2D eigenvalue weighted by Crippen LogP contribution is -2.28. The Balaban J connectivity index is 0.000000138. The number of carboxylic acid groups (broad SMARTS) is 2. The Kier molecular flexibility index (Phi) is 28.2. The average molecular weight is 1880 g/mol. The first-order valence-corrected chi connectivity index (χ1v) is 42.1. The number of nitrogens with one attached hydrogen (secondary N) is 8. The summed E-state index contributed by atoms with van der Waals surface area (Å²) in [5, 5.41) is 62.7. The van der Waals surface area contributed by atoms with Gasteiger partial charge >= 0.3 is 17.9 Å². The van der Waals surface area contributed by atoms with E-state index in [0.29, 0.717) is 112 Å². The van der Waals surface area contributed by atoms with Gasteiger partial charge in [-0.1, -0.05) is 131 Å². The molecule has 0 spiro atoms. The van der Waals surface area contributed by atoms with Gasteiger partial charge in [-0.05, 0) is 179 Å². The maximum atomic E-state index is 13.1. The minimum Gasteiger partial charge on any atom is -0.478 e. The summed E-state index contributed by atoms with van der Waals surface area (Å²) in [7, 11) is 0. The van der Waals surface area contributed by atoms with E-state index in [9.17, 15) is 53.1 Å². The first-order valence-electron chi connectivity index (χ1n) is 40.2. The molecule has 132 heavy (non-hydrogen) atoms. The van der Waals surface area contributed by atoms with Gasteiger partial charge in [-0.25, -0.2) is 52.4 Å².